The van der Waals surface area contributed by atoms with Gasteiger partial charge in [0.15, 0.2) is 0 Å². The predicted molar refractivity (Wildman–Crippen MR) is 98.6 cm³/mol. The molecule has 0 atom stereocenters. The van der Waals surface area contributed by atoms with Crippen LogP contribution in [0.15, 0.2) is 45.9 Å². The van der Waals surface area contributed by atoms with Gasteiger partial charge in [-0.15, -0.1) is 0 Å². The van der Waals surface area contributed by atoms with Crippen LogP contribution in [-0.4, -0.2) is 10.1 Å². The fraction of sp³-hybridized carbons (Fsp3) is 0.0625. The van der Waals surface area contributed by atoms with Crippen LogP contribution >= 0.6 is 22.6 Å². The first kappa shape index (κ1) is 17.1. The summed E-state index contributed by atoms with van der Waals surface area (Å²) in [5, 5.41) is 16.2. The fourth-order valence-electron chi connectivity index (χ4n) is 2.38. The third-order valence-corrected chi connectivity index (χ3v) is 4.28. The van der Waals surface area contributed by atoms with Crippen molar-refractivity contribution >= 4 is 39.7 Å². The Bertz CT molecular complexity index is 1030. The van der Waals surface area contributed by atoms with Gasteiger partial charge in [-0.2, -0.15) is 9.55 Å². The van der Waals surface area contributed by atoms with Gasteiger partial charge in [0, 0.05) is 27.0 Å². The normalized spacial score (nSPS) is 10.7. The van der Waals surface area contributed by atoms with E-state index in [1.54, 1.807) is 6.07 Å². The van der Waals surface area contributed by atoms with Gasteiger partial charge in [-0.3, -0.25) is 14.9 Å². The first-order chi connectivity index (χ1) is 11.9. The van der Waals surface area contributed by atoms with Crippen molar-refractivity contribution in [3.63, 3.8) is 0 Å². The van der Waals surface area contributed by atoms with Gasteiger partial charge in [0.25, 0.3) is 5.56 Å². The summed E-state index contributed by atoms with van der Waals surface area (Å²) in [6.07, 6.45) is 1.13. The molecule has 3 aromatic rings. The van der Waals surface area contributed by atoms with Crippen LogP contribution in [0.5, 0.6) is 0 Å². The monoisotopic (exact) mass is 455 g/mol. The maximum Gasteiger partial charge on any atom is 0.305 e. The molecule has 0 radical (unpaired) electrons. The molecule has 7 nitrogen and oxygen atoms in total. The number of aromatic amines is 1. The topological polar surface area (TPSA) is 101 Å². The minimum absolute atomic E-state index is 0.0637. The van der Waals surface area contributed by atoms with Crippen LogP contribution in [0.1, 0.15) is 5.56 Å². The quantitative estimate of drug-likeness (QED) is 0.347. The van der Waals surface area contributed by atoms with Crippen molar-refractivity contribution in [3.05, 3.63) is 72.0 Å². The average molecular weight is 455 g/mol. The molecule has 0 bridgehead atoms. The zero-order valence-electron chi connectivity index (χ0n) is 12.8. The Morgan fingerprint density at radius 3 is 2.60 bits per heavy atom. The van der Waals surface area contributed by atoms with Crippen molar-refractivity contribution in [2.24, 2.45) is 0 Å². The van der Waals surface area contributed by atoms with E-state index in [1.165, 1.54) is 0 Å². The molecule has 0 aliphatic rings. The lowest BCUT2D eigenvalue weighted by atomic mass is 10.0. The molecule has 0 unspecified atom stereocenters. The molecule has 2 N–H and O–H groups in total. The van der Waals surface area contributed by atoms with E-state index in [1.807, 2.05) is 19.1 Å². The minimum atomic E-state index is -1.00. The molecule has 2 aromatic carbocycles. The summed E-state index contributed by atoms with van der Waals surface area (Å²) in [5.74, 6) is -1.00. The van der Waals surface area contributed by atoms with E-state index in [0.29, 0.717) is 5.69 Å². The number of nitrogens with one attached hydrogen (secondary N) is 2. The van der Waals surface area contributed by atoms with Gasteiger partial charge in [0.1, 0.15) is 6.26 Å². The maximum absolute atomic E-state index is 14.1. The molecule has 0 aliphatic carbocycles. The van der Waals surface area contributed by atoms with Crippen molar-refractivity contribution in [3.8, 4) is 11.1 Å². The molecule has 3 rings (SSSR count). The van der Waals surface area contributed by atoms with Gasteiger partial charge < -0.3 is 9.84 Å². The highest BCUT2D eigenvalue weighted by Gasteiger charge is 2.22. The van der Waals surface area contributed by atoms with Crippen LogP contribution in [0.4, 0.5) is 21.5 Å². The number of aromatic nitrogens is 1. The van der Waals surface area contributed by atoms with Crippen molar-refractivity contribution in [1.29, 1.82) is 0 Å². The van der Waals surface area contributed by atoms with Crippen LogP contribution in [-0.2, 0) is 0 Å². The van der Waals surface area contributed by atoms with Crippen molar-refractivity contribution < 1.29 is 13.8 Å². The summed E-state index contributed by atoms with van der Waals surface area (Å²) in [7, 11) is 0. The molecule has 9 heteroatoms. The molecule has 0 spiro atoms. The molecule has 0 fully saturated rings. The SMILES string of the molecule is Cc1cc(I)ccc1Nc1cc(F)c([N+](=O)[O-])cc1-c1co[nH]c1=O. The Kier molecular flexibility index (Phi) is 4.57. The summed E-state index contributed by atoms with van der Waals surface area (Å²) in [6, 6.07) is 7.61. The molecule has 25 heavy (non-hydrogen) atoms. The van der Waals surface area contributed by atoms with Crippen molar-refractivity contribution in [1.82, 2.24) is 5.16 Å². The Morgan fingerprint density at radius 1 is 1.24 bits per heavy atom. The number of H-pyrrole nitrogens is 1. The van der Waals surface area contributed by atoms with E-state index in [0.717, 1.165) is 27.5 Å². The molecular weight excluding hydrogens is 444 g/mol. The van der Waals surface area contributed by atoms with E-state index in [-0.39, 0.29) is 16.8 Å². The van der Waals surface area contributed by atoms with Crippen molar-refractivity contribution in [2.45, 2.75) is 6.92 Å². The van der Waals surface area contributed by atoms with Crippen LogP contribution < -0.4 is 10.9 Å². The minimum Gasteiger partial charge on any atom is -0.386 e. The molecule has 1 heterocycles. The summed E-state index contributed by atoms with van der Waals surface area (Å²) >= 11 is 2.17. The zero-order valence-corrected chi connectivity index (χ0v) is 15.0. The molecule has 128 valence electrons. The van der Waals surface area contributed by atoms with Gasteiger partial charge in [-0.25, -0.2) is 0 Å². The smallest absolute Gasteiger partial charge is 0.305 e. The Morgan fingerprint density at radius 2 is 2.00 bits per heavy atom. The molecule has 1 aromatic heterocycles. The van der Waals surface area contributed by atoms with E-state index < -0.39 is 22.0 Å². The number of nitro benzene ring substituents is 1. The average Bonchev–Trinajstić information content (AvgIpc) is 2.96. The standard InChI is InChI=1S/C16H11FIN3O4/c1-8-4-9(18)2-3-13(8)19-14-6-12(17)15(21(23)24)5-10(14)11-7-25-20-16(11)22/h2-7,19H,1H3,(H,20,22). The number of aryl methyl sites for hydroxylation is 1. The van der Waals surface area contributed by atoms with Crippen LogP contribution in [0.25, 0.3) is 11.1 Å². The number of benzene rings is 2. The van der Waals surface area contributed by atoms with Gasteiger partial charge >= 0.3 is 5.69 Å². The highest BCUT2D eigenvalue weighted by molar-refractivity contribution is 14.1. The third-order valence-electron chi connectivity index (χ3n) is 3.60. The number of anilines is 2. The van der Waals surface area contributed by atoms with Gasteiger partial charge in [-0.05, 0) is 53.3 Å². The van der Waals surface area contributed by atoms with E-state index >= 15 is 0 Å². The lowest BCUT2D eigenvalue weighted by molar-refractivity contribution is -0.387. The van der Waals surface area contributed by atoms with E-state index in [2.05, 4.69) is 33.1 Å². The Labute approximate surface area is 154 Å². The van der Waals surface area contributed by atoms with E-state index in [9.17, 15) is 19.3 Å². The fourth-order valence-corrected chi connectivity index (χ4v) is 3.02. The molecular formula is C16H11FIN3O4. The maximum atomic E-state index is 14.1. The first-order valence-corrected chi connectivity index (χ1v) is 8.12. The summed E-state index contributed by atoms with van der Waals surface area (Å²) < 4.78 is 19.9. The lowest BCUT2D eigenvalue weighted by Crippen LogP contribution is -2.05. The largest absolute Gasteiger partial charge is 0.386 e. The second-order valence-electron chi connectivity index (χ2n) is 5.27. The summed E-state index contributed by atoms with van der Waals surface area (Å²) in [4.78, 5) is 22.0. The summed E-state index contributed by atoms with van der Waals surface area (Å²) in [6.45, 7) is 1.87. The van der Waals surface area contributed by atoms with Crippen LogP contribution in [0, 0.1) is 26.4 Å². The number of hydrogen-bond acceptors (Lipinski definition) is 5. The van der Waals surface area contributed by atoms with Crippen LogP contribution in [0.3, 0.4) is 0 Å². The highest BCUT2D eigenvalue weighted by Crippen LogP contribution is 2.35. The zero-order chi connectivity index (χ0) is 18.1. The van der Waals surface area contributed by atoms with Gasteiger partial charge in [-0.1, -0.05) is 0 Å². The molecule has 0 saturated heterocycles. The first-order valence-electron chi connectivity index (χ1n) is 7.04. The molecule has 0 aliphatic heterocycles. The molecule has 0 amide bonds. The van der Waals surface area contributed by atoms with Crippen molar-refractivity contribution in [2.75, 3.05) is 5.32 Å². The number of hydrogen-bond donors (Lipinski definition) is 2. The highest BCUT2D eigenvalue weighted by atomic mass is 127. The third kappa shape index (κ3) is 3.40. The van der Waals surface area contributed by atoms with Gasteiger partial charge in [0.2, 0.25) is 5.82 Å². The van der Waals surface area contributed by atoms with Gasteiger partial charge in [0.05, 0.1) is 16.2 Å². The molecule has 0 saturated carbocycles. The number of rotatable bonds is 4. The summed E-state index contributed by atoms with van der Waals surface area (Å²) in [5.41, 5.74) is 0.755. The second kappa shape index (κ2) is 6.67. The Balaban J connectivity index is 2.18. The number of halogens is 2. The van der Waals surface area contributed by atoms with Crippen LogP contribution in [0.2, 0.25) is 0 Å². The second-order valence-corrected chi connectivity index (χ2v) is 6.52. The predicted octanol–water partition coefficient (Wildman–Crippen LogP) is 4.34. The van der Waals surface area contributed by atoms with E-state index in [4.69, 9.17) is 4.52 Å². The lowest BCUT2D eigenvalue weighted by Gasteiger charge is -2.13. The number of nitrogens with zero attached hydrogens (tertiary/aromatic N) is 1. The Hall–Kier alpha value is -2.69. The number of nitro groups is 1.